The molecule has 0 aliphatic carbocycles. The van der Waals surface area contributed by atoms with Gasteiger partial charge in [0.25, 0.3) is 0 Å². The van der Waals surface area contributed by atoms with Gasteiger partial charge in [-0.15, -0.1) is 0 Å². The van der Waals surface area contributed by atoms with Crippen LogP contribution in [0.2, 0.25) is 0 Å². The molecule has 0 amide bonds. The molecule has 2 aromatic heterocycles. The van der Waals surface area contributed by atoms with Gasteiger partial charge in [0.05, 0.1) is 0 Å². The summed E-state index contributed by atoms with van der Waals surface area (Å²) >= 11 is 0. The molecule has 4 heteroatoms. The zero-order chi connectivity index (χ0) is 15.1. The highest BCUT2D eigenvalue weighted by Crippen LogP contribution is 2.17. The third kappa shape index (κ3) is 4.53. The third-order valence-corrected chi connectivity index (χ3v) is 3.66. The molecule has 1 N–H and O–H groups in total. The van der Waals surface area contributed by atoms with Crippen LogP contribution in [0.25, 0.3) is 0 Å². The first-order valence-electron chi connectivity index (χ1n) is 7.50. The summed E-state index contributed by atoms with van der Waals surface area (Å²) < 4.78 is 0. The van der Waals surface area contributed by atoms with Crippen LogP contribution in [0.3, 0.4) is 0 Å². The Bertz CT molecular complexity index is 541. The summed E-state index contributed by atoms with van der Waals surface area (Å²) in [5, 5.41) is 3.43. The van der Waals surface area contributed by atoms with E-state index in [0.29, 0.717) is 6.04 Å². The molecule has 2 rings (SSSR count). The number of hydrogen-bond donors (Lipinski definition) is 1. The first-order chi connectivity index (χ1) is 10.2. The van der Waals surface area contributed by atoms with Crippen LogP contribution >= 0.6 is 0 Å². The number of likely N-dealkylation sites (N-methyl/N-ethyl adjacent to an activating group) is 1. The van der Waals surface area contributed by atoms with Crippen molar-refractivity contribution in [2.45, 2.75) is 26.3 Å². The van der Waals surface area contributed by atoms with Gasteiger partial charge in [-0.1, -0.05) is 6.92 Å². The molecule has 0 saturated carbocycles. The SMILES string of the molecule is CCNC(C)c1ccnc(N(C)CCc2ccncc2)c1. The molecule has 1 atom stereocenters. The van der Waals surface area contributed by atoms with Gasteiger partial charge in [-0.05, 0) is 55.3 Å². The molecule has 112 valence electrons. The average molecular weight is 284 g/mol. The van der Waals surface area contributed by atoms with E-state index >= 15 is 0 Å². The molecule has 4 nitrogen and oxygen atoms in total. The molecule has 0 fully saturated rings. The Morgan fingerprint density at radius 3 is 2.67 bits per heavy atom. The van der Waals surface area contributed by atoms with Crippen molar-refractivity contribution in [2.75, 3.05) is 25.0 Å². The van der Waals surface area contributed by atoms with E-state index in [9.17, 15) is 0 Å². The van der Waals surface area contributed by atoms with Crippen molar-refractivity contribution in [3.63, 3.8) is 0 Å². The van der Waals surface area contributed by atoms with E-state index in [1.165, 1.54) is 11.1 Å². The largest absolute Gasteiger partial charge is 0.359 e. The van der Waals surface area contributed by atoms with E-state index in [0.717, 1.165) is 25.3 Å². The Kier molecular flexibility index (Phi) is 5.69. The van der Waals surface area contributed by atoms with Crippen molar-refractivity contribution in [1.29, 1.82) is 0 Å². The molecular weight excluding hydrogens is 260 g/mol. The zero-order valence-electron chi connectivity index (χ0n) is 13.1. The van der Waals surface area contributed by atoms with Crippen molar-refractivity contribution in [3.8, 4) is 0 Å². The maximum absolute atomic E-state index is 4.48. The minimum atomic E-state index is 0.352. The maximum Gasteiger partial charge on any atom is 0.128 e. The fraction of sp³-hybridized carbons (Fsp3) is 0.412. The van der Waals surface area contributed by atoms with Crippen LogP contribution in [0.5, 0.6) is 0 Å². The first-order valence-corrected chi connectivity index (χ1v) is 7.50. The quantitative estimate of drug-likeness (QED) is 0.849. The van der Waals surface area contributed by atoms with E-state index in [1.54, 1.807) is 0 Å². The highest BCUT2D eigenvalue weighted by molar-refractivity contribution is 5.41. The predicted molar refractivity (Wildman–Crippen MR) is 87.5 cm³/mol. The Morgan fingerprint density at radius 1 is 1.19 bits per heavy atom. The van der Waals surface area contributed by atoms with Crippen molar-refractivity contribution >= 4 is 5.82 Å². The van der Waals surface area contributed by atoms with E-state index in [2.05, 4.69) is 65.3 Å². The van der Waals surface area contributed by atoms with Gasteiger partial charge in [-0.3, -0.25) is 4.98 Å². The topological polar surface area (TPSA) is 41.1 Å². The monoisotopic (exact) mass is 284 g/mol. The van der Waals surface area contributed by atoms with Crippen LogP contribution in [0.1, 0.15) is 31.0 Å². The number of nitrogens with one attached hydrogen (secondary N) is 1. The van der Waals surface area contributed by atoms with Crippen molar-refractivity contribution in [2.24, 2.45) is 0 Å². The van der Waals surface area contributed by atoms with Gasteiger partial charge in [-0.25, -0.2) is 4.98 Å². The molecule has 0 radical (unpaired) electrons. The molecule has 0 aromatic carbocycles. The molecule has 0 bridgehead atoms. The highest BCUT2D eigenvalue weighted by atomic mass is 15.2. The number of nitrogens with zero attached hydrogens (tertiary/aromatic N) is 3. The number of hydrogen-bond acceptors (Lipinski definition) is 4. The summed E-state index contributed by atoms with van der Waals surface area (Å²) in [6, 6.07) is 8.72. The Morgan fingerprint density at radius 2 is 1.95 bits per heavy atom. The minimum absolute atomic E-state index is 0.352. The van der Waals surface area contributed by atoms with E-state index in [4.69, 9.17) is 0 Å². The second kappa shape index (κ2) is 7.74. The molecule has 2 heterocycles. The van der Waals surface area contributed by atoms with E-state index < -0.39 is 0 Å². The standard InChI is InChI=1S/C17H24N4/c1-4-19-14(2)16-7-11-20-17(13-16)21(3)12-8-15-5-9-18-10-6-15/h5-7,9-11,13-14,19H,4,8,12H2,1-3H3. The highest BCUT2D eigenvalue weighted by Gasteiger charge is 2.08. The molecule has 21 heavy (non-hydrogen) atoms. The minimum Gasteiger partial charge on any atom is -0.359 e. The molecule has 1 unspecified atom stereocenters. The number of aromatic nitrogens is 2. The van der Waals surface area contributed by atoms with Crippen molar-refractivity contribution < 1.29 is 0 Å². The molecule has 0 saturated heterocycles. The van der Waals surface area contributed by atoms with Gasteiger partial charge >= 0.3 is 0 Å². The number of anilines is 1. The van der Waals surface area contributed by atoms with Crippen LogP contribution in [-0.2, 0) is 6.42 Å². The third-order valence-electron chi connectivity index (χ3n) is 3.66. The van der Waals surface area contributed by atoms with E-state index in [-0.39, 0.29) is 0 Å². The molecule has 0 spiro atoms. The summed E-state index contributed by atoms with van der Waals surface area (Å²) in [4.78, 5) is 10.7. The Hall–Kier alpha value is -1.94. The Balaban J connectivity index is 1.98. The summed E-state index contributed by atoms with van der Waals surface area (Å²) in [5.41, 5.74) is 2.58. The normalized spacial score (nSPS) is 12.1. The predicted octanol–water partition coefficient (Wildman–Crippen LogP) is 2.83. The number of rotatable bonds is 7. The van der Waals surface area contributed by atoms with Gasteiger partial charge in [-0.2, -0.15) is 0 Å². The summed E-state index contributed by atoms with van der Waals surface area (Å²) in [6.07, 6.45) is 6.56. The lowest BCUT2D eigenvalue weighted by Crippen LogP contribution is -2.22. The van der Waals surface area contributed by atoms with Crippen LogP contribution in [-0.4, -0.2) is 30.1 Å². The molecule has 0 aliphatic rings. The second-order valence-corrected chi connectivity index (χ2v) is 5.25. The van der Waals surface area contributed by atoms with Gasteiger partial charge < -0.3 is 10.2 Å². The molecule has 2 aromatic rings. The lowest BCUT2D eigenvalue weighted by molar-refractivity contribution is 0.597. The van der Waals surface area contributed by atoms with Gasteiger partial charge in [0.1, 0.15) is 5.82 Å². The van der Waals surface area contributed by atoms with Crippen LogP contribution in [0.15, 0.2) is 42.9 Å². The molecule has 0 aliphatic heterocycles. The van der Waals surface area contributed by atoms with Crippen LogP contribution in [0, 0.1) is 0 Å². The zero-order valence-corrected chi connectivity index (χ0v) is 13.1. The van der Waals surface area contributed by atoms with Crippen LogP contribution < -0.4 is 10.2 Å². The van der Waals surface area contributed by atoms with Gasteiger partial charge in [0, 0.05) is 38.2 Å². The average Bonchev–Trinajstić information content (AvgIpc) is 2.54. The smallest absolute Gasteiger partial charge is 0.128 e. The fourth-order valence-electron chi connectivity index (χ4n) is 2.30. The Labute approximate surface area is 127 Å². The summed E-state index contributed by atoms with van der Waals surface area (Å²) in [6.45, 7) is 6.21. The van der Waals surface area contributed by atoms with Crippen molar-refractivity contribution in [3.05, 3.63) is 54.0 Å². The lowest BCUT2D eigenvalue weighted by atomic mass is 10.1. The lowest BCUT2D eigenvalue weighted by Gasteiger charge is -2.20. The van der Waals surface area contributed by atoms with Crippen LogP contribution in [0.4, 0.5) is 5.82 Å². The van der Waals surface area contributed by atoms with E-state index in [1.807, 2.05) is 18.6 Å². The number of pyridine rings is 2. The summed E-state index contributed by atoms with van der Waals surface area (Å²) in [7, 11) is 2.09. The fourth-order valence-corrected chi connectivity index (χ4v) is 2.30. The van der Waals surface area contributed by atoms with Gasteiger partial charge in [0.15, 0.2) is 0 Å². The first kappa shape index (κ1) is 15.4. The second-order valence-electron chi connectivity index (χ2n) is 5.25. The maximum atomic E-state index is 4.48. The summed E-state index contributed by atoms with van der Waals surface area (Å²) in [5.74, 6) is 1.02. The van der Waals surface area contributed by atoms with Gasteiger partial charge in [0.2, 0.25) is 0 Å². The van der Waals surface area contributed by atoms with Crippen molar-refractivity contribution in [1.82, 2.24) is 15.3 Å². The molecular formula is C17H24N4.